The highest BCUT2D eigenvalue weighted by atomic mass is 19.4. The monoisotopic (exact) mass is 546 g/mol. The lowest BCUT2D eigenvalue weighted by atomic mass is 9.98. The lowest BCUT2D eigenvalue weighted by molar-refractivity contribution is -0.192. The third-order valence-electron chi connectivity index (χ3n) is 5.83. The number of alkyl halides is 3. The number of nitriles is 1. The van der Waals surface area contributed by atoms with Gasteiger partial charge in [0.1, 0.15) is 0 Å². The molecule has 0 atom stereocenters. The van der Waals surface area contributed by atoms with E-state index in [9.17, 15) is 23.1 Å². The van der Waals surface area contributed by atoms with Crippen molar-refractivity contribution in [2.45, 2.75) is 25.8 Å². The predicted octanol–water partition coefficient (Wildman–Crippen LogP) is 6.76. The number of carboxylic acids is 2. The van der Waals surface area contributed by atoms with E-state index in [1.165, 1.54) is 11.1 Å². The van der Waals surface area contributed by atoms with Gasteiger partial charge in [-0.05, 0) is 52.1 Å². The van der Waals surface area contributed by atoms with Crippen LogP contribution in [0.3, 0.4) is 0 Å². The van der Waals surface area contributed by atoms with Crippen LogP contribution in [0.15, 0.2) is 103 Å². The van der Waals surface area contributed by atoms with Gasteiger partial charge in [0.15, 0.2) is 0 Å². The van der Waals surface area contributed by atoms with Crippen LogP contribution in [-0.4, -0.2) is 33.2 Å². The van der Waals surface area contributed by atoms with Gasteiger partial charge in [0.25, 0.3) is 0 Å². The maximum atomic E-state index is 11.2. The molecular weight excluding hydrogens is 521 g/mol. The molecule has 0 aromatic heterocycles. The number of aliphatic carboxylic acids is 1. The molecule has 0 spiro atoms. The molecule has 0 radical (unpaired) electrons. The van der Waals surface area contributed by atoms with Crippen LogP contribution in [-0.2, 0) is 24.4 Å². The minimum absolute atomic E-state index is 0.280. The second-order valence-electron chi connectivity index (χ2n) is 8.78. The molecule has 4 aromatic carbocycles. The Morgan fingerprint density at radius 2 is 1.25 bits per heavy atom. The topological polar surface area (TPSA) is 102 Å². The molecule has 0 bridgehead atoms. The van der Waals surface area contributed by atoms with Gasteiger partial charge >= 0.3 is 18.1 Å². The first-order valence-electron chi connectivity index (χ1n) is 12.0. The van der Waals surface area contributed by atoms with E-state index < -0.39 is 18.1 Å². The van der Waals surface area contributed by atoms with Crippen molar-refractivity contribution in [2.24, 2.45) is 0 Å². The SMILES string of the molecule is N#Cc1ccc(CN(Cc2ccccc2)Cc2ccccc2-c2ccc(C(=O)O)cc2)cc1.O=C(O)C(F)(F)F. The largest absolute Gasteiger partial charge is 0.490 e. The molecule has 4 rings (SSSR count). The Morgan fingerprint density at radius 3 is 1.77 bits per heavy atom. The van der Waals surface area contributed by atoms with Gasteiger partial charge in [0, 0.05) is 19.6 Å². The second-order valence-corrected chi connectivity index (χ2v) is 8.78. The van der Waals surface area contributed by atoms with Gasteiger partial charge in [-0.3, -0.25) is 4.90 Å². The number of halogens is 3. The molecule has 0 aliphatic carbocycles. The molecule has 0 aliphatic heterocycles. The molecule has 9 heteroatoms. The fraction of sp³-hybridized carbons (Fsp3) is 0.129. The van der Waals surface area contributed by atoms with E-state index in [1.54, 1.807) is 12.1 Å². The van der Waals surface area contributed by atoms with Crippen LogP contribution in [0.25, 0.3) is 11.1 Å². The first-order valence-corrected chi connectivity index (χ1v) is 12.0. The third kappa shape index (κ3) is 8.82. The summed E-state index contributed by atoms with van der Waals surface area (Å²) in [4.78, 5) is 22.5. The summed E-state index contributed by atoms with van der Waals surface area (Å²) in [5.74, 6) is -3.68. The Morgan fingerprint density at radius 1 is 0.725 bits per heavy atom. The van der Waals surface area contributed by atoms with Crippen molar-refractivity contribution in [1.29, 1.82) is 5.26 Å². The van der Waals surface area contributed by atoms with Crippen molar-refractivity contribution in [3.8, 4) is 17.2 Å². The van der Waals surface area contributed by atoms with E-state index in [0.717, 1.165) is 36.3 Å². The second kappa shape index (κ2) is 13.7. The Hall–Kier alpha value is -4.94. The highest BCUT2D eigenvalue weighted by Gasteiger charge is 2.38. The molecule has 2 N–H and O–H groups in total. The molecule has 0 unspecified atom stereocenters. The van der Waals surface area contributed by atoms with Gasteiger partial charge in [-0.25, -0.2) is 9.59 Å². The average molecular weight is 547 g/mol. The number of nitrogens with zero attached hydrogens (tertiary/aromatic N) is 2. The van der Waals surface area contributed by atoms with Crippen molar-refractivity contribution in [3.05, 3.63) is 131 Å². The first kappa shape index (κ1) is 29.6. The number of aromatic carboxylic acids is 1. The molecule has 0 aliphatic rings. The summed E-state index contributed by atoms with van der Waals surface area (Å²) >= 11 is 0. The fourth-order valence-electron chi connectivity index (χ4n) is 3.93. The molecule has 0 amide bonds. The minimum Gasteiger partial charge on any atom is -0.478 e. The van der Waals surface area contributed by atoms with Gasteiger partial charge in [0.2, 0.25) is 0 Å². The van der Waals surface area contributed by atoms with Crippen LogP contribution in [0.2, 0.25) is 0 Å². The van der Waals surface area contributed by atoms with Gasteiger partial charge in [0.05, 0.1) is 17.2 Å². The number of benzene rings is 4. The Labute approximate surface area is 229 Å². The standard InChI is InChI=1S/C29H24N2O2.C2HF3O2/c30-18-22-10-12-24(13-11-22)20-31(19-23-6-2-1-3-7-23)21-27-8-4-5-9-28(27)25-14-16-26(17-15-25)29(32)33;3-2(4,5)1(6)7/h1-17H,19-21H2,(H,32,33);(H,6,7). The molecule has 0 fully saturated rings. The molecular formula is C31H25F3N2O4. The first-order chi connectivity index (χ1) is 19.1. The highest BCUT2D eigenvalue weighted by Crippen LogP contribution is 2.26. The molecule has 0 saturated carbocycles. The van der Waals surface area contributed by atoms with E-state index in [4.69, 9.17) is 15.2 Å². The van der Waals surface area contributed by atoms with Crippen LogP contribution < -0.4 is 0 Å². The summed E-state index contributed by atoms with van der Waals surface area (Å²) in [5.41, 5.74) is 6.57. The molecule has 4 aromatic rings. The summed E-state index contributed by atoms with van der Waals surface area (Å²) in [6, 6.07) is 35.5. The Kier molecular flexibility index (Phi) is 10.2. The lowest BCUT2D eigenvalue weighted by Gasteiger charge is -2.24. The molecule has 0 saturated heterocycles. The number of hydrogen-bond donors (Lipinski definition) is 2. The highest BCUT2D eigenvalue weighted by molar-refractivity contribution is 5.88. The smallest absolute Gasteiger partial charge is 0.478 e. The summed E-state index contributed by atoms with van der Waals surface area (Å²) in [6.07, 6.45) is -5.08. The quantitative estimate of drug-likeness (QED) is 0.253. The zero-order valence-electron chi connectivity index (χ0n) is 21.2. The number of carboxylic acid groups (broad SMARTS) is 2. The van der Waals surface area contributed by atoms with Gasteiger partial charge in [-0.2, -0.15) is 18.4 Å². The molecule has 6 nitrogen and oxygen atoms in total. The fourth-order valence-corrected chi connectivity index (χ4v) is 3.93. The van der Waals surface area contributed by atoms with Gasteiger partial charge in [-0.15, -0.1) is 0 Å². The minimum atomic E-state index is -5.08. The average Bonchev–Trinajstić information content (AvgIpc) is 2.94. The normalized spacial score (nSPS) is 10.8. The summed E-state index contributed by atoms with van der Waals surface area (Å²) < 4.78 is 31.7. The molecule has 0 heterocycles. The van der Waals surface area contributed by atoms with E-state index in [1.807, 2.05) is 66.7 Å². The maximum absolute atomic E-state index is 11.2. The third-order valence-corrected chi connectivity index (χ3v) is 5.83. The van der Waals surface area contributed by atoms with Crippen molar-refractivity contribution in [2.75, 3.05) is 0 Å². The van der Waals surface area contributed by atoms with E-state index in [-0.39, 0.29) is 5.56 Å². The molecule has 204 valence electrons. The Bertz CT molecular complexity index is 1460. The maximum Gasteiger partial charge on any atom is 0.490 e. The van der Waals surface area contributed by atoms with Crippen molar-refractivity contribution in [1.82, 2.24) is 4.90 Å². The van der Waals surface area contributed by atoms with Gasteiger partial charge in [-0.1, -0.05) is 78.9 Å². The number of rotatable bonds is 8. The summed E-state index contributed by atoms with van der Waals surface area (Å²) in [7, 11) is 0. The van der Waals surface area contributed by atoms with Crippen LogP contribution >= 0.6 is 0 Å². The predicted molar refractivity (Wildman–Crippen MR) is 143 cm³/mol. The lowest BCUT2D eigenvalue weighted by Crippen LogP contribution is -2.22. The van der Waals surface area contributed by atoms with E-state index in [0.29, 0.717) is 5.56 Å². The van der Waals surface area contributed by atoms with Crippen molar-refractivity contribution >= 4 is 11.9 Å². The zero-order valence-corrected chi connectivity index (χ0v) is 21.2. The van der Waals surface area contributed by atoms with E-state index >= 15 is 0 Å². The zero-order chi connectivity index (χ0) is 29.1. The van der Waals surface area contributed by atoms with Crippen molar-refractivity contribution in [3.63, 3.8) is 0 Å². The van der Waals surface area contributed by atoms with Crippen LogP contribution in [0, 0.1) is 11.3 Å². The van der Waals surface area contributed by atoms with E-state index in [2.05, 4.69) is 35.2 Å². The van der Waals surface area contributed by atoms with Crippen LogP contribution in [0.5, 0.6) is 0 Å². The number of carbonyl (C=O) groups is 2. The van der Waals surface area contributed by atoms with Gasteiger partial charge < -0.3 is 10.2 Å². The Balaban J connectivity index is 0.000000559. The van der Waals surface area contributed by atoms with Crippen molar-refractivity contribution < 1.29 is 33.0 Å². The van der Waals surface area contributed by atoms with Crippen LogP contribution in [0.1, 0.15) is 32.6 Å². The summed E-state index contributed by atoms with van der Waals surface area (Å²) in [6.45, 7) is 2.26. The van der Waals surface area contributed by atoms with Crippen LogP contribution in [0.4, 0.5) is 13.2 Å². The molecule has 40 heavy (non-hydrogen) atoms. The number of hydrogen-bond acceptors (Lipinski definition) is 4. The summed E-state index contributed by atoms with van der Waals surface area (Å²) in [5, 5.41) is 25.4.